The normalized spacial score (nSPS) is 10.7. The Labute approximate surface area is 118 Å². The molecule has 1 N–H and O–H groups in total. The minimum Gasteiger partial charge on any atom is -0.318 e. The number of hydrogen-bond acceptors (Lipinski definition) is 2. The molecule has 2 heterocycles. The molecule has 3 aromatic rings. The Kier molecular flexibility index (Phi) is 3.12. The number of pyridine rings is 1. The van der Waals surface area contributed by atoms with E-state index in [0.29, 0.717) is 5.52 Å². The molecule has 4 nitrogen and oxygen atoms in total. The van der Waals surface area contributed by atoms with Crippen LogP contribution in [0, 0.1) is 5.82 Å². The van der Waals surface area contributed by atoms with Crippen LogP contribution < -0.4 is 5.32 Å². The van der Waals surface area contributed by atoms with Gasteiger partial charge in [0.25, 0.3) is 5.91 Å². The van der Waals surface area contributed by atoms with Gasteiger partial charge in [0.15, 0.2) is 5.69 Å². The number of rotatable bonds is 2. The topological polar surface area (TPSA) is 46.4 Å². The van der Waals surface area contributed by atoms with Crippen LogP contribution in [-0.2, 0) is 0 Å². The van der Waals surface area contributed by atoms with Crippen molar-refractivity contribution in [3.05, 3.63) is 65.2 Å². The molecule has 2 aromatic heterocycles. The Morgan fingerprint density at radius 2 is 1.95 bits per heavy atom. The first kappa shape index (κ1) is 12.6. The number of para-hydroxylation sites is 1. The highest BCUT2D eigenvalue weighted by Gasteiger charge is 2.18. The lowest BCUT2D eigenvalue weighted by molar-refractivity contribution is 0.102. The smallest absolute Gasteiger partial charge is 0.277 e. The molecule has 0 bridgehead atoms. The molecule has 0 aliphatic carbocycles. The van der Waals surface area contributed by atoms with Crippen LogP contribution in [0.4, 0.5) is 10.1 Å². The van der Waals surface area contributed by atoms with Gasteiger partial charge in [0, 0.05) is 6.20 Å². The van der Waals surface area contributed by atoms with Crippen molar-refractivity contribution >= 4 is 28.7 Å². The van der Waals surface area contributed by atoms with Gasteiger partial charge < -0.3 is 5.32 Å². The number of halogens is 2. The van der Waals surface area contributed by atoms with Crippen molar-refractivity contribution in [3.8, 4) is 0 Å². The van der Waals surface area contributed by atoms with E-state index >= 15 is 0 Å². The Morgan fingerprint density at radius 1 is 1.20 bits per heavy atom. The predicted molar refractivity (Wildman–Crippen MR) is 74.6 cm³/mol. The Bertz CT molecular complexity index is 800. The summed E-state index contributed by atoms with van der Waals surface area (Å²) in [6, 6.07) is 11.2. The lowest BCUT2D eigenvalue weighted by Gasteiger charge is -2.04. The molecule has 3 rings (SSSR count). The molecular formula is C14H9ClFN3O. The van der Waals surface area contributed by atoms with Crippen LogP contribution in [0.2, 0.25) is 5.02 Å². The van der Waals surface area contributed by atoms with Gasteiger partial charge >= 0.3 is 0 Å². The zero-order valence-corrected chi connectivity index (χ0v) is 10.9. The summed E-state index contributed by atoms with van der Waals surface area (Å²) in [7, 11) is 0. The van der Waals surface area contributed by atoms with Gasteiger partial charge in [0.2, 0.25) is 0 Å². The molecule has 100 valence electrons. The number of anilines is 1. The Hall–Kier alpha value is -2.40. The van der Waals surface area contributed by atoms with Gasteiger partial charge in [-0.15, -0.1) is 0 Å². The molecule has 0 aliphatic heterocycles. The van der Waals surface area contributed by atoms with E-state index in [1.54, 1.807) is 36.5 Å². The summed E-state index contributed by atoms with van der Waals surface area (Å²) in [5, 5.41) is 6.78. The zero-order chi connectivity index (χ0) is 14.1. The van der Waals surface area contributed by atoms with Crippen LogP contribution in [0.15, 0.2) is 48.7 Å². The van der Waals surface area contributed by atoms with Crippen molar-refractivity contribution in [1.82, 2.24) is 9.61 Å². The molecule has 20 heavy (non-hydrogen) atoms. The van der Waals surface area contributed by atoms with Crippen molar-refractivity contribution in [3.63, 3.8) is 0 Å². The summed E-state index contributed by atoms with van der Waals surface area (Å²) in [5.74, 6) is -1.07. The number of fused-ring (bicyclic) bond motifs is 1. The minimum atomic E-state index is -0.552. The molecular weight excluding hydrogens is 281 g/mol. The SMILES string of the molecule is O=C(Nc1ccccc1F)c1nn2ccccc2c1Cl. The highest BCUT2D eigenvalue weighted by Crippen LogP contribution is 2.23. The van der Waals surface area contributed by atoms with Gasteiger partial charge in [0.05, 0.1) is 16.2 Å². The van der Waals surface area contributed by atoms with E-state index in [2.05, 4.69) is 10.4 Å². The fraction of sp³-hybridized carbons (Fsp3) is 0. The van der Waals surface area contributed by atoms with E-state index < -0.39 is 11.7 Å². The first-order chi connectivity index (χ1) is 9.66. The van der Waals surface area contributed by atoms with E-state index in [1.807, 2.05) is 0 Å². The van der Waals surface area contributed by atoms with E-state index in [9.17, 15) is 9.18 Å². The molecule has 0 saturated carbocycles. The second-order valence-corrected chi connectivity index (χ2v) is 4.50. The summed E-state index contributed by atoms with van der Waals surface area (Å²) < 4.78 is 15.0. The van der Waals surface area contributed by atoms with Crippen LogP contribution in [-0.4, -0.2) is 15.5 Å². The maximum atomic E-state index is 13.5. The number of hydrogen-bond donors (Lipinski definition) is 1. The number of aromatic nitrogens is 2. The fourth-order valence-electron chi connectivity index (χ4n) is 1.86. The van der Waals surface area contributed by atoms with Crippen molar-refractivity contribution < 1.29 is 9.18 Å². The molecule has 6 heteroatoms. The average molecular weight is 290 g/mol. The standard InChI is InChI=1S/C14H9ClFN3O/c15-12-11-7-3-4-8-19(11)18-13(12)14(20)17-10-6-2-1-5-9(10)16/h1-8H,(H,17,20). The third kappa shape index (κ3) is 2.12. The van der Waals surface area contributed by atoms with E-state index in [1.165, 1.54) is 16.6 Å². The van der Waals surface area contributed by atoms with Crippen LogP contribution in [0.1, 0.15) is 10.5 Å². The van der Waals surface area contributed by atoms with Crippen LogP contribution in [0.5, 0.6) is 0 Å². The molecule has 0 aliphatic rings. The summed E-state index contributed by atoms with van der Waals surface area (Å²) >= 11 is 6.12. The molecule has 0 fully saturated rings. The van der Waals surface area contributed by atoms with E-state index in [0.717, 1.165) is 0 Å². The third-order valence-electron chi connectivity index (χ3n) is 2.82. The zero-order valence-electron chi connectivity index (χ0n) is 10.2. The van der Waals surface area contributed by atoms with Gasteiger partial charge in [-0.25, -0.2) is 8.91 Å². The number of amides is 1. The maximum absolute atomic E-state index is 13.5. The predicted octanol–water partition coefficient (Wildman–Crippen LogP) is 3.38. The number of nitrogens with one attached hydrogen (secondary N) is 1. The molecule has 0 spiro atoms. The second kappa shape index (κ2) is 4.94. The lowest BCUT2D eigenvalue weighted by Crippen LogP contribution is -2.14. The van der Waals surface area contributed by atoms with Gasteiger partial charge in [0.1, 0.15) is 5.82 Å². The number of nitrogens with zero attached hydrogens (tertiary/aromatic N) is 2. The van der Waals surface area contributed by atoms with Crippen molar-refractivity contribution in [2.45, 2.75) is 0 Å². The fourth-order valence-corrected chi connectivity index (χ4v) is 2.13. The lowest BCUT2D eigenvalue weighted by atomic mass is 10.3. The van der Waals surface area contributed by atoms with Crippen LogP contribution in [0.3, 0.4) is 0 Å². The van der Waals surface area contributed by atoms with Crippen molar-refractivity contribution in [2.24, 2.45) is 0 Å². The number of carbonyl (C=O) groups is 1. The number of benzene rings is 1. The summed E-state index contributed by atoms with van der Waals surface area (Å²) in [6.07, 6.45) is 1.68. The van der Waals surface area contributed by atoms with Crippen molar-refractivity contribution in [2.75, 3.05) is 5.32 Å². The second-order valence-electron chi connectivity index (χ2n) is 4.13. The minimum absolute atomic E-state index is 0.0566. The molecule has 0 saturated heterocycles. The summed E-state index contributed by atoms with van der Waals surface area (Å²) in [6.45, 7) is 0. The summed E-state index contributed by atoms with van der Waals surface area (Å²) in [5.41, 5.74) is 0.764. The Morgan fingerprint density at radius 3 is 2.70 bits per heavy atom. The van der Waals surface area contributed by atoms with Gasteiger partial charge in [-0.05, 0) is 24.3 Å². The monoisotopic (exact) mass is 289 g/mol. The van der Waals surface area contributed by atoms with Crippen LogP contribution >= 0.6 is 11.6 Å². The molecule has 0 atom stereocenters. The molecule has 0 unspecified atom stereocenters. The largest absolute Gasteiger partial charge is 0.318 e. The first-order valence-electron chi connectivity index (χ1n) is 5.85. The van der Waals surface area contributed by atoms with E-state index in [4.69, 9.17) is 11.6 Å². The van der Waals surface area contributed by atoms with Crippen LogP contribution in [0.25, 0.3) is 5.52 Å². The quantitative estimate of drug-likeness (QED) is 0.786. The van der Waals surface area contributed by atoms with Gasteiger partial charge in [-0.1, -0.05) is 29.8 Å². The average Bonchev–Trinajstić information content (AvgIpc) is 2.79. The molecule has 1 amide bonds. The highest BCUT2D eigenvalue weighted by molar-refractivity contribution is 6.37. The van der Waals surface area contributed by atoms with Gasteiger partial charge in [-0.2, -0.15) is 5.10 Å². The first-order valence-corrected chi connectivity index (χ1v) is 6.23. The van der Waals surface area contributed by atoms with E-state index in [-0.39, 0.29) is 16.4 Å². The summed E-state index contributed by atoms with van der Waals surface area (Å²) in [4.78, 5) is 12.1. The Balaban J connectivity index is 1.97. The molecule has 1 aromatic carbocycles. The third-order valence-corrected chi connectivity index (χ3v) is 3.19. The molecule has 0 radical (unpaired) electrons. The highest BCUT2D eigenvalue weighted by atomic mass is 35.5. The number of carbonyl (C=O) groups excluding carboxylic acids is 1. The van der Waals surface area contributed by atoms with Crippen molar-refractivity contribution in [1.29, 1.82) is 0 Å². The van der Waals surface area contributed by atoms with Gasteiger partial charge in [-0.3, -0.25) is 4.79 Å². The maximum Gasteiger partial charge on any atom is 0.277 e.